The summed E-state index contributed by atoms with van der Waals surface area (Å²) in [7, 11) is 0. The molecular weight excluding hydrogens is 373 g/mol. The van der Waals surface area contributed by atoms with Crippen molar-refractivity contribution in [3.63, 3.8) is 0 Å². The van der Waals surface area contributed by atoms with Crippen molar-refractivity contribution in [3.05, 3.63) is 78.0 Å². The Morgan fingerprint density at radius 2 is 1.93 bits per heavy atom. The molecule has 8 heteroatoms. The summed E-state index contributed by atoms with van der Waals surface area (Å²) in [6.45, 7) is 3.41. The number of amides is 1. The van der Waals surface area contributed by atoms with E-state index in [1.54, 1.807) is 22.8 Å². The third-order valence-corrected chi connectivity index (χ3v) is 4.17. The van der Waals surface area contributed by atoms with E-state index in [4.69, 9.17) is 0 Å². The van der Waals surface area contributed by atoms with E-state index in [1.807, 2.05) is 0 Å². The molecule has 3 aromatic rings. The lowest BCUT2D eigenvalue weighted by molar-refractivity contribution is -0.137. The second kappa shape index (κ2) is 7.22. The summed E-state index contributed by atoms with van der Waals surface area (Å²) in [4.78, 5) is 23.0. The minimum Gasteiger partial charge on any atom is -0.478 e. The molecule has 0 aliphatic heterocycles. The average Bonchev–Trinajstić information content (AvgIpc) is 2.99. The van der Waals surface area contributed by atoms with Crippen LogP contribution in [0.4, 0.5) is 18.9 Å². The molecule has 0 bridgehead atoms. The Hall–Kier alpha value is -3.55. The molecule has 3 rings (SSSR count). The van der Waals surface area contributed by atoms with Crippen LogP contribution in [-0.4, -0.2) is 21.6 Å². The molecule has 0 saturated carbocycles. The molecule has 1 amide bonds. The van der Waals surface area contributed by atoms with Crippen LogP contribution < -0.4 is 5.32 Å². The van der Waals surface area contributed by atoms with Gasteiger partial charge in [0.15, 0.2) is 0 Å². The van der Waals surface area contributed by atoms with Crippen LogP contribution in [0, 0.1) is 0 Å². The van der Waals surface area contributed by atoms with Gasteiger partial charge in [0.05, 0.1) is 11.1 Å². The molecule has 1 heterocycles. The number of carboxylic acids is 1. The highest BCUT2D eigenvalue weighted by atomic mass is 19.4. The molecule has 0 unspecified atom stereocenters. The average molecular weight is 388 g/mol. The minimum atomic E-state index is -4.46. The number of nitrogens with zero attached hydrogens (tertiary/aromatic N) is 1. The molecule has 2 aromatic carbocycles. The summed E-state index contributed by atoms with van der Waals surface area (Å²) in [5.74, 6) is -1.63. The van der Waals surface area contributed by atoms with Gasteiger partial charge in [0, 0.05) is 29.3 Å². The maximum atomic E-state index is 12.9. The molecule has 0 aliphatic rings. The van der Waals surface area contributed by atoms with Gasteiger partial charge in [0.25, 0.3) is 0 Å². The number of aromatic nitrogens is 1. The first-order valence-corrected chi connectivity index (χ1v) is 8.15. The van der Waals surface area contributed by atoms with Crippen molar-refractivity contribution < 1.29 is 27.9 Å². The maximum Gasteiger partial charge on any atom is 0.416 e. The Labute approximate surface area is 157 Å². The number of carbonyl (C=O) groups excluding carboxylic acids is 1. The normalized spacial score (nSPS) is 11.4. The highest BCUT2D eigenvalue weighted by Crippen LogP contribution is 2.30. The fourth-order valence-electron chi connectivity index (χ4n) is 2.91. The number of alkyl halides is 3. The van der Waals surface area contributed by atoms with Gasteiger partial charge in [-0.15, -0.1) is 0 Å². The number of benzene rings is 2. The van der Waals surface area contributed by atoms with Crippen LogP contribution in [0.5, 0.6) is 0 Å². The van der Waals surface area contributed by atoms with Crippen molar-refractivity contribution >= 4 is 28.5 Å². The number of carbonyl (C=O) groups is 2. The third-order valence-electron chi connectivity index (χ3n) is 4.17. The number of hydrogen-bond acceptors (Lipinski definition) is 2. The van der Waals surface area contributed by atoms with Gasteiger partial charge < -0.3 is 15.0 Å². The van der Waals surface area contributed by atoms with Gasteiger partial charge in [-0.25, -0.2) is 4.79 Å². The first-order chi connectivity index (χ1) is 13.2. The summed E-state index contributed by atoms with van der Waals surface area (Å²) in [5.41, 5.74) is 0.502. The fraction of sp³-hybridized carbons (Fsp3) is 0.100. The summed E-state index contributed by atoms with van der Waals surface area (Å²) in [6.07, 6.45) is -2.01. The monoisotopic (exact) mass is 388 g/mol. The Morgan fingerprint density at radius 3 is 2.57 bits per heavy atom. The van der Waals surface area contributed by atoms with Crippen molar-refractivity contribution in [3.8, 4) is 0 Å². The number of nitrogens with one attached hydrogen (secondary N) is 1. The van der Waals surface area contributed by atoms with Gasteiger partial charge >= 0.3 is 12.1 Å². The number of hydrogen-bond donors (Lipinski definition) is 2. The van der Waals surface area contributed by atoms with E-state index in [0.717, 1.165) is 18.2 Å². The molecule has 0 aliphatic carbocycles. The predicted octanol–water partition coefficient (Wildman–Crippen LogP) is 4.53. The molecular formula is C20H15F3N2O3. The molecule has 0 atom stereocenters. The molecule has 144 valence electrons. The number of halogens is 3. The van der Waals surface area contributed by atoms with Crippen LogP contribution in [-0.2, 0) is 17.5 Å². The van der Waals surface area contributed by atoms with Crippen LogP contribution in [0.2, 0.25) is 0 Å². The Bertz CT molecular complexity index is 1080. The van der Waals surface area contributed by atoms with Crippen molar-refractivity contribution in [2.75, 3.05) is 5.32 Å². The summed E-state index contributed by atoms with van der Waals surface area (Å²) >= 11 is 0. The smallest absolute Gasteiger partial charge is 0.416 e. The topological polar surface area (TPSA) is 71.3 Å². The number of fused-ring (bicyclic) bond motifs is 1. The lowest BCUT2D eigenvalue weighted by atomic mass is 10.1. The molecule has 0 spiro atoms. The summed E-state index contributed by atoms with van der Waals surface area (Å²) in [5, 5.41) is 12.4. The van der Waals surface area contributed by atoms with E-state index < -0.39 is 23.6 Å². The standard InChI is InChI=1S/C20H15F3N2O3/c1-2-18(26)24-14-6-7-17-15(9-14)16(19(27)28)11-25(17)10-12-4-3-5-13(8-12)20(21,22)23/h2-9,11H,1,10H2,(H,24,26)(H,27,28). The van der Waals surface area contributed by atoms with Crippen molar-refractivity contribution in [1.29, 1.82) is 0 Å². The van der Waals surface area contributed by atoms with Gasteiger partial charge in [0.1, 0.15) is 0 Å². The minimum absolute atomic E-state index is 0.0170. The first kappa shape index (κ1) is 19.2. The predicted molar refractivity (Wildman–Crippen MR) is 98.3 cm³/mol. The highest BCUT2D eigenvalue weighted by Gasteiger charge is 2.30. The van der Waals surface area contributed by atoms with Gasteiger partial charge in [-0.2, -0.15) is 13.2 Å². The highest BCUT2D eigenvalue weighted by molar-refractivity contribution is 6.06. The van der Waals surface area contributed by atoms with Crippen LogP contribution in [0.15, 0.2) is 61.3 Å². The number of carboxylic acid groups (broad SMARTS) is 1. The molecule has 2 N–H and O–H groups in total. The Kier molecular flexibility index (Phi) is 4.96. The van der Waals surface area contributed by atoms with Gasteiger partial charge in [-0.1, -0.05) is 18.7 Å². The van der Waals surface area contributed by atoms with Crippen LogP contribution in [0.25, 0.3) is 10.9 Å². The quantitative estimate of drug-likeness (QED) is 0.631. The van der Waals surface area contributed by atoms with E-state index >= 15 is 0 Å². The van der Waals surface area contributed by atoms with E-state index in [0.29, 0.717) is 22.2 Å². The summed E-state index contributed by atoms with van der Waals surface area (Å²) < 4.78 is 40.3. The molecule has 0 fully saturated rings. The van der Waals surface area contributed by atoms with Crippen LogP contribution in [0.3, 0.4) is 0 Å². The van der Waals surface area contributed by atoms with Crippen LogP contribution in [0.1, 0.15) is 21.5 Å². The third kappa shape index (κ3) is 3.90. The molecule has 5 nitrogen and oxygen atoms in total. The van der Waals surface area contributed by atoms with Crippen molar-refractivity contribution in [2.24, 2.45) is 0 Å². The first-order valence-electron chi connectivity index (χ1n) is 8.15. The zero-order valence-electron chi connectivity index (χ0n) is 14.5. The van der Waals surface area contributed by atoms with Gasteiger partial charge in [-0.3, -0.25) is 4.79 Å². The van der Waals surface area contributed by atoms with Crippen LogP contribution >= 0.6 is 0 Å². The Morgan fingerprint density at radius 1 is 1.18 bits per heavy atom. The molecule has 1 aromatic heterocycles. The largest absolute Gasteiger partial charge is 0.478 e. The van der Waals surface area contributed by atoms with E-state index in [2.05, 4.69) is 11.9 Å². The van der Waals surface area contributed by atoms with E-state index in [-0.39, 0.29) is 12.1 Å². The lowest BCUT2D eigenvalue weighted by Crippen LogP contribution is -2.07. The number of rotatable bonds is 5. The fourth-order valence-corrected chi connectivity index (χ4v) is 2.91. The second-order valence-electron chi connectivity index (χ2n) is 6.10. The van der Waals surface area contributed by atoms with Crippen molar-refractivity contribution in [1.82, 2.24) is 4.57 Å². The van der Waals surface area contributed by atoms with E-state index in [1.165, 1.54) is 18.3 Å². The maximum absolute atomic E-state index is 12.9. The van der Waals surface area contributed by atoms with Gasteiger partial charge in [-0.05, 0) is 42.0 Å². The number of aromatic carboxylic acids is 1. The molecule has 28 heavy (non-hydrogen) atoms. The molecule has 0 radical (unpaired) electrons. The van der Waals surface area contributed by atoms with E-state index in [9.17, 15) is 27.9 Å². The Balaban J connectivity index is 2.03. The summed E-state index contributed by atoms with van der Waals surface area (Å²) in [6, 6.07) is 9.55. The van der Waals surface area contributed by atoms with Gasteiger partial charge in [0.2, 0.25) is 5.91 Å². The second-order valence-corrected chi connectivity index (χ2v) is 6.10. The lowest BCUT2D eigenvalue weighted by Gasteiger charge is -2.10. The SMILES string of the molecule is C=CC(=O)Nc1ccc2c(c1)c(C(=O)O)cn2Cc1cccc(C(F)(F)F)c1. The number of anilines is 1. The zero-order chi connectivity index (χ0) is 20.5. The van der Waals surface area contributed by atoms with Crippen molar-refractivity contribution in [2.45, 2.75) is 12.7 Å². The molecule has 0 saturated heterocycles. The zero-order valence-corrected chi connectivity index (χ0v) is 14.5.